The van der Waals surface area contributed by atoms with E-state index in [1.165, 1.54) is 25.3 Å². The summed E-state index contributed by atoms with van der Waals surface area (Å²) in [7, 11) is 1.40. The number of ether oxygens (including phenoxy) is 1. The summed E-state index contributed by atoms with van der Waals surface area (Å²) in [6.07, 6.45) is 0. The number of non-ortho nitro benzene ring substituents is 1. The standard InChI is InChI=1S/C21H17N3O5/c1-29-19-12-11-17(24(27)28)13-18(19)23-21(26)15-7-9-16(10-8-15)22-20(25)14-5-3-2-4-6-14/h2-13H,1H3,(H,22,25)(H,23,26). The number of hydrogen-bond donors (Lipinski definition) is 2. The van der Waals surface area contributed by atoms with E-state index in [0.717, 1.165) is 0 Å². The molecule has 0 spiro atoms. The molecule has 0 fully saturated rings. The van der Waals surface area contributed by atoms with Crippen molar-refractivity contribution in [2.24, 2.45) is 0 Å². The zero-order valence-electron chi connectivity index (χ0n) is 15.4. The number of nitrogens with one attached hydrogen (secondary N) is 2. The zero-order chi connectivity index (χ0) is 20.8. The van der Waals surface area contributed by atoms with E-state index >= 15 is 0 Å². The van der Waals surface area contributed by atoms with Gasteiger partial charge in [-0.2, -0.15) is 0 Å². The number of rotatable bonds is 6. The minimum absolute atomic E-state index is 0.167. The van der Waals surface area contributed by atoms with Crippen LogP contribution >= 0.6 is 0 Å². The van der Waals surface area contributed by atoms with E-state index in [2.05, 4.69) is 10.6 Å². The molecule has 29 heavy (non-hydrogen) atoms. The van der Waals surface area contributed by atoms with Crippen LogP contribution in [0, 0.1) is 10.1 Å². The van der Waals surface area contributed by atoms with Gasteiger partial charge < -0.3 is 15.4 Å². The molecule has 0 heterocycles. The SMILES string of the molecule is COc1ccc([N+](=O)[O-])cc1NC(=O)c1ccc(NC(=O)c2ccccc2)cc1. The van der Waals surface area contributed by atoms with E-state index < -0.39 is 10.8 Å². The van der Waals surface area contributed by atoms with Gasteiger partial charge in [0.15, 0.2) is 0 Å². The fraction of sp³-hybridized carbons (Fsp3) is 0.0476. The van der Waals surface area contributed by atoms with Crippen molar-refractivity contribution in [3.05, 3.63) is 94.0 Å². The highest BCUT2D eigenvalue weighted by Gasteiger charge is 2.15. The minimum Gasteiger partial charge on any atom is -0.495 e. The van der Waals surface area contributed by atoms with Crippen LogP contribution in [-0.2, 0) is 0 Å². The molecule has 0 saturated heterocycles. The number of nitro benzene ring substituents is 1. The second-order valence-corrected chi connectivity index (χ2v) is 5.99. The van der Waals surface area contributed by atoms with Crippen molar-refractivity contribution in [3.63, 3.8) is 0 Å². The summed E-state index contributed by atoms with van der Waals surface area (Å²) in [5.74, 6) is -0.426. The zero-order valence-corrected chi connectivity index (χ0v) is 15.4. The van der Waals surface area contributed by atoms with Gasteiger partial charge in [-0.05, 0) is 42.5 Å². The molecule has 0 aliphatic carbocycles. The van der Waals surface area contributed by atoms with Crippen LogP contribution in [0.1, 0.15) is 20.7 Å². The first kappa shape index (κ1) is 19.6. The van der Waals surface area contributed by atoms with E-state index in [1.54, 1.807) is 48.5 Å². The Bertz CT molecular complexity index is 1050. The fourth-order valence-electron chi connectivity index (χ4n) is 2.60. The van der Waals surface area contributed by atoms with Crippen LogP contribution in [-0.4, -0.2) is 23.8 Å². The van der Waals surface area contributed by atoms with Crippen LogP contribution < -0.4 is 15.4 Å². The molecule has 3 rings (SSSR count). The molecule has 2 amide bonds. The van der Waals surface area contributed by atoms with Crippen molar-refractivity contribution in [2.75, 3.05) is 17.7 Å². The van der Waals surface area contributed by atoms with E-state index in [4.69, 9.17) is 4.74 Å². The summed E-state index contributed by atoms with van der Waals surface area (Å²) in [5, 5.41) is 16.3. The molecular formula is C21H17N3O5. The molecule has 0 aliphatic heterocycles. The summed E-state index contributed by atoms with van der Waals surface area (Å²) in [4.78, 5) is 35.1. The number of anilines is 2. The third-order valence-corrected chi connectivity index (χ3v) is 4.08. The van der Waals surface area contributed by atoms with Crippen molar-refractivity contribution in [2.45, 2.75) is 0 Å². The van der Waals surface area contributed by atoms with Gasteiger partial charge in [0.1, 0.15) is 5.75 Å². The summed E-state index contributed by atoms with van der Waals surface area (Å²) in [6.45, 7) is 0. The van der Waals surface area contributed by atoms with Crippen molar-refractivity contribution in [1.82, 2.24) is 0 Å². The van der Waals surface area contributed by atoms with E-state index in [1.807, 2.05) is 6.07 Å². The van der Waals surface area contributed by atoms with Gasteiger partial charge in [-0.25, -0.2) is 0 Å². The maximum atomic E-state index is 12.5. The first-order valence-electron chi connectivity index (χ1n) is 8.58. The normalized spacial score (nSPS) is 10.1. The highest BCUT2D eigenvalue weighted by molar-refractivity contribution is 6.06. The molecule has 0 radical (unpaired) electrons. The van der Waals surface area contributed by atoms with Crippen molar-refractivity contribution in [3.8, 4) is 5.75 Å². The van der Waals surface area contributed by atoms with E-state index in [0.29, 0.717) is 22.6 Å². The largest absolute Gasteiger partial charge is 0.495 e. The topological polar surface area (TPSA) is 111 Å². The predicted molar refractivity (Wildman–Crippen MR) is 108 cm³/mol. The highest BCUT2D eigenvalue weighted by atomic mass is 16.6. The lowest BCUT2D eigenvalue weighted by molar-refractivity contribution is -0.384. The Morgan fingerprint density at radius 2 is 1.48 bits per heavy atom. The molecule has 2 N–H and O–H groups in total. The molecule has 0 aromatic heterocycles. The monoisotopic (exact) mass is 391 g/mol. The number of amides is 2. The van der Waals surface area contributed by atoms with Gasteiger partial charge in [-0.15, -0.1) is 0 Å². The number of carbonyl (C=O) groups excluding carboxylic acids is 2. The van der Waals surface area contributed by atoms with Crippen LogP contribution in [0.3, 0.4) is 0 Å². The van der Waals surface area contributed by atoms with Gasteiger partial charge in [-0.1, -0.05) is 18.2 Å². The highest BCUT2D eigenvalue weighted by Crippen LogP contribution is 2.29. The number of hydrogen-bond acceptors (Lipinski definition) is 5. The van der Waals surface area contributed by atoms with Crippen LogP contribution in [0.25, 0.3) is 0 Å². The molecule has 0 atom stereocenters. The fourth-order valence-corrected chi connectivity index (χ4v) is 2.60. The summed E-state index contributed by atoms with van der Waals surface area (Å²) >= 11 is 0. The molecule has 8 heteroatoms. The number of methoxy groups -OCH3 is 1. The lowest BCUT2D eigenvalue weighted by atomic mass is 10.1. The molecule has 0 bridgehead atoms. The predicted octanol–water partition coefficient (Wildman–Crippen LogP) is 4.11. The lowest BCUT2D eigenvalue weighted by Crippen LogP contribution is -2.14. The van der Waals surface area contributed by atoms with Crippen molar-refractivity contribution >= 4 is 28.9 Å². The molecular weight excluding hydrogens is 374 g/mol. The Kier molecular flexibility index (Phi) is 5.84. The molecule has 8 nitrogen and oxygen atoms in total. The minimum atomic E-state index is -0.556. The Balaban J connectivity index is 1.72. The van der Waals surface area contributed by atoms with Crippen LogP contribution in [0.5, 0.6) is 5.75 Å². The first-order chi connectivity index (χ1) is 14.0. The third kappa shape index (κ3) is 4.75. The van der Waals surface area contributed by atoms with Crippen molar-refractivity contribution < 1.29 is 19.2 Å². The summed E-state index contributed by atoms with van der Waals surface area (Å²) in [5.41, 5.74) is 1.39. The number of nitrogens with zero attached hydrogens (tertiary/aromatic N) is 1. The number of nitro groups is 1. The van der Waals surface area contributed by atoms with Gasteiger partial charge in [0.2, 0.25) is 0 Å². The van der Waals surface area contributed by atoms with Gasteiger partial charge in [0, 0.05) is 28.9 Å². The molecule has 0 unspecified atom stereocenters. The summed E-state index contributed by atoms with van der Waals surface area (Å²) < 4.78 is 5.14. The molecule has 0 aliphatic rings. The van der Waals surface area contributed by atoms with Crippen LogP contribution in [0.4, 0.5) is 17.1 Å². The Morgan fingerprint density at radius 3 is 2.10 bits per heavy atom. The maximum Gasteiger partial charge on any atom is 0.271 e. The first-order valence-corrected chi connectivity index (χ1v) is 8.58. The van der Waals surface area contributed by atoms with Crippen molar-refractivity contribution in [1.29, 1.82) is 0 Å². The quantitative estimate of drug-likeness (QED) is 0.485. The summed E-state index contributed by atoms with van der Waals surface area (Å²) in [6, 6.07) is 19.0. The third-order valence-electron chi connectivity index (χ3n) is 4.08. The maximum absolute atomic E-state index is 12.5. The number of carbonyl (C=O) groups is 2. The molecule has 146 valence electrons. The average molecular weight is 391 g/mol. The van der Waals surface area contributed by atoms with Gasteiger partial charge >= 0.3 is 0 Å². The van der Waals surface area contributed by atoms with E-state index in [-0.39, 0.29) is 17.3 Å². The Hall–Kier alpha value is -4.20. The van der Waals surface area contributed by atoms with Gasteiger partial charge in [0.25, 0.3) is 17.5 Å². The Labute approximate surface area is 166 Å². The molecule has 3 aromatic carbocycles. The number of benzene rings is 3. The van der Waals surface area contributed by atoms with E-state index in [9.17, 15) is 19.7 Å². The molecule has 3 aromatic rings. The van der Waals surface area contributed by atoms with Crippen LogP contribution in [0.2, 0.25) is 0 Å². The second kappa shape index (κ2) is 8.66. The smallest absolute Gasteiger partial charge is 0.271 e. The van der Waals surface area contributed by atoms with Crippen LogP contribution in [0.15, 0.2) is 72.8 Å². The van der Waals surface area contributed by atoms with Gasteiger partial charge in [0.05, 0.1) is 17.7 Å². The average Bonchev–Trinajstić information content (AvgIpc) is 2.74. The lowest BCUT2D eigenvalue weighted by Gasteiger charge is -2.10. The molecule has 0 saturated carbocycles. The Morgan fingerprint density at radius 1 is 0.862 bits per heavy atom. The second-order valence-electron chi connectivity index (χ2n) is 5.99. The van der Waals surface area contributed by atoms with Gasteiger partial charge in [-0.3, -0.25) is 19.7 Å².